The predicted octanol–water partition coefficient (Wildman–Crippen LogP) is 5.42. The number of ether oxygens (including phenoxy) is 1. The molecule has 0 unspecified atom stereocenters. The van der Waals surface area contributed by atoms with Gasteiger partial charge in [-0.2, -0.15) is 0 Å². The summed E-state index contributed by atoms with van der Waals surface area (Å²) in [6.07, 6.45) is 1.51. The fourth-order valence-corrected chi connectivity index (χ4v) is 2.95. The molecule has 3 aromatic rings. The molecule has 0 radical (unpaired) electrons. The third kappa shape index (κ3) is 5.83. The summed E-state index contributed by atoms with van der Waals surface area (Å²) in [6.45, 7) is 0.869. The fraction of sp³-hybridized carbons (Fsp3) is 0.174. The standard InChI is InChI=1S/C23H21ClFNO2/c24-19-10-13-22(28-16-18-5-2-1-3-6-18)21(15-19)23(27)26-14-4-7-17-8-11-20(25)12-9-17/h1-3,5-6,8-13,15H,4,7,14,16H2,(H,26,27). The Balaban J connectivity index is 1.56. The van der Waals surface area contributed by atoms with E-state index in [1.165, 1.54) is 12.1 Å². The van der Waals surface area contributed by atoms with E-state index in [0.29, 0.717) is 29.5 Å². The number of hydrogen-bond acceptors (Lipinski definition) is 2. The number of nitrogens with one attached hydrogen (secondary N) is 1. The Morgan fingerprint density at radius 1 is 0.964 bits per heavy atom. The second-order valence-corrected chi connectivity index (χ2v) is 6.84. The van der Waals surface area contributed by atoms with Gasteiger partial charge >= 0.3 is 0 Å². The minimum Gasteiger partial charge on any atom is -0.488 e. The van der Waals surface area contributed by atoms with E-state index in [1.54, 1.807) is 30.3 Å². The van der Waals surface area contributed by atoms with Crippen LogP contribution in [-0.4, -0.2) is 12.5 Å². The van der Waals surface area contributed by atoms with E-state index in [1.807, 2.05) is 30.3 Å². The van der Waals surface area contributed by atoms with Crippen LogP contribution in [0.25, 0.3) is 0 Å². The van der Waals surface area contributed by atoms with E-state index in [4.69, 9.17) is 16.3 Å². The topological polar surface area (TPSA) is 38.3 Å². The molecule has 0 saturated heterocycles. The average molecular weight is 398 g/mol. The third-order valence-corrected chi connectivity index (χ3v) is 4.50. The molecule has 28 heavy (non-hydrogen) atoms. The zero-order valence-corrected chi connectivity index (χ0v) is 16.1. The number of carbonyl (C=O) groups is 1. The summed E-state index contributed by atoms with van der Waals surface area (Å²) in [6, 6.07) is 21.2. The van der Waals surface area contributed by atoms with Crippen LogP contribution in [0.1, 0.15) is 27.9 Å². The summed E-state index contributed by atoms with van der Waals surface area (Å²) in [7, 11) is 0. The minimum absolute atomic E-state index is 0.232. The second-order valence-electron chi connectivity index (χ2n) is 6.40. The Morgan fingerprint density at radius 2 is 1.71 bits per heavy atom. The number of carbonyl (C=O) groups excluding carboxylic acids is 1. The van der Waals surface area contributed by atoms with Gasteiger partial charge < -0.3 is 10.1 Å². The molecule has 0 aliphatic rings. The Labute approximate surface area is 169 Å². The number of amides is 1. The number of rotatable bonds is 8. The number of benzene rings is 3. The Kier molecular flexibility index (Phi) is 7.04. The molecule has 1 amide bonds. The van der Waals surface area contributed by atoms with E-state index < -0.39 is 0 Å². The van der Waals surface area contributed by atoms with Gasteiger partial charge in [0.1, 0.15) is 18.2 Å². The molecule has 1 N–H and O–H groups in total. The summed E-state index contributed by atoms with van der Waals surface area (Å²) in [5.41, 5.74) is 2.46. The summed E-state index contributed by atoms with van der Waals surface area (Å²) < 4.78 is 18.8. The number of aryl methyl sites for hydroxylation is 1. The van der Waals surface area contributed by atoms with E-state index in [0.717, 1.165) is 24.0 Å². The minimum atomic E-state index is -0.249. The van der Waals surface area contributed by atoms with Gasteiger partial charge in [-0.15, -0.1) is 0 Å². The monoisotopic (exact) mass is 397 g/mol. The molecule has 5 heteroatoms. The highest BCUT2D eigenvalue weighted by molar-refractivity contribution is 6.31. The van der Waals surface area contributed by atoms with E-state index in [2.05, 4.69) is 5.32 Å². The highest BCUT2D eigenvalue weighted by Gasteiger charge is 2.13. The molecule has 0 aliphatic heterocycles. The number of halogens is 2. The lowest BCUT2D eigenvalue weighted by atomic mass is 10.1. The Bertz CT molecular complexity index is 914. The molecule has 0 bridgehead atoms. The van der Waals surface area contributed by atoms with Crippen LogP contribution in [0, 0.1) is 5.82 Å². The van der Waals surface area contributed by atoms with Gasteiger partial charge in [-0.05, 0) is 54.3 Å². The van der Waals surface area contributed by atoms with Gasteiger partial charge in [-0.25, -0.2) is 4.39 Å². The van der Waals surface area contributed by atoms with Crippen molar-refractivity contribution < 1.29 is 13.9 Å². The lowest BCUT2D eigenvalue weighted by molar-refractivity contribution is 0.0948. The zero-order valence-electron chi connectivity index (χ0n) is 15.3. The first-order valence-corrected chi connectivity index (χ1v) is 9.48. The van der Waals surface area contributed by atoms with Gasteiger partial charge in [0.25, 0.3) is 5.91 Å². The first-order chi connectivity index (χ1) is 13.6. The van der Waals surface area contributed by atoms with E-state index in [9.17, 15) is 9.18 Å². The quantitative estimate of drug-likeness (QED) is 0.515. The number of hydrogen-bond donors (Lipinski definition) is 1. The van der Waals surface area contributed by atoms with Crippen LogP contribution < -0.4 is 10.1 Å². The first-order valence-electron chi connectivity index (χ1n) is 9.11. The molecule has 0 saturated carbocycles. The van der Waals surface area contributed by atoms with Crippen LogP contribution in [0.5, 0.6) is 5.75 Å². The SMILES string of the molecule is O=C(NCCCc1ccc(F)cc1)c1cc(Cl)ccc1OCc1ccccc1. The largest absolute Gasteiger partial charge is 0.488 e. The van der Waals surface area contributed by atoms with Crippen molar-refractivity contribution in [1.82, 2.24) is 5.32 Å². The average Bonchev–Trinajstić information content (AvgIpc) is 2.72. The van der Waals surface area contributed by atoms with Gasteiger partial charge in [0.15, 0.2) is 0 Å². The molecule has 3 nitrogen and oxygen atoms in total. The summed E-state index contributed by atoms with van der Waals surface area (Å²) in [4.78, 5) is 12.6. The first kappa shape index (κ1) is 19.9. The van der Waals surface area contributed by atoms with Crippen molar-refractivity contribution >= 4 is 17.5 Å². The summed E-state index contributed by atoms with van der Waals surface area (Å²) >= 11 is 6.07. The fourth-order valence-electron chi connectivity index (χ4n) is 2.78. The van der Waals surface area contributed by atoms with Crippen LogP contribution in [0.3, 0.4) is 0 Å². The molecule has 144 valence electrons. The van der Waals surface area contributed by atoms with Crippen LogP contribution in [0.15, 0.2) is 72.8 Å². The zero-order chi connectivity index (χ0) is 19.8. The highest BCUT2D eigenvalue weighted by Crippen LogP contribution is 2.24. The van der Waals surface area contributed by atoms with Gasteiger partial charge in [0, 0.05) is 11.6 Å². The lowest BCUT2D eigenvalue weighted by Gasteiger charge is -2.12. The molecular weight excluding hydrogens is 377 g/mol. The molecule has 0 fully saturated rings. The van der Waals surface area contributed by atoms with Crippen molar-refractivity contribution in [3.05, 3.63) is 100 Å². The maximum atomic E-state index is 12.9. The summed E-state index contributed by atoms with van der Waals surface area (Å²) in [5.74, 6) is 0.00926. The normalized spacial score (nSPS) is 10.5. The van der Waals surface area contributed by atoms with Crippen molar-refractivity contribution in [1.29, 1.82) is 0 Å². The molecule has 0 aromatic heterocycles. The van der Waals surface area contributed by atoms with E-state index in [-0.39, 0.29) is 11.7 Å². The molecule has 0 spiro atoms. The van der Waals surface area contributed by atoms with Gasteiger partial charge in [0.2, 0.25) is 0 Å². The smallest absolute Gasteiger partial charge is 0.255 e. The van der Waals surface area contributed by atoms with Crippen molar-refractivity contribution in [2.75, 3.05) is 6.54 Å². The maximum Gasteiger partial charge on any atom is 0.255 e. The molecule has 0 atom stereocenters. The molecule has 3 aromatic carbocycles. The Hall–Kier alpha value is -2.85. The highest BCUT2D eigenvalue weighted by atomic mass is 35.5. The molecule has 0 heterocycles. The van der Waals surface area contributed by atoms with Crippen LogP contribution >= 0.6 is 11.6 Å². The van der Waals surface area contributed by atoms with Gasteiger partial charge in [0.05, 0.1) is 5.56 Å². The van der Waals surface area contributed by atoms with Crippen molar-refractivity contribution in [2.45, 2.75) is 19.4 Å². The molecule has 3 rings (SSSR count). The molecule has 0 aliphatic carbocycles. The second kappa shape index (κ2) is 9.90. The predicted molar refractivity (Wildman–Crippen MR) is 109 cm³/mol. The van der Waals surface area contributed by atoms with Crippen LogP contribution in [-0.2, 0) is 13.0 Å². The summed E-state index contributed by atoms with van der Waals surface area (Å²) in [5, 5.41) is 3.37. The van der Waals surface area contributed by atoms with Gasteiger partial charge in [-0.1, -0.05) is 54.1 Å². The lowest BCUT2D eigenvalue weighted by Crippen LogP contribution is -2.25. The van der Waals surface area contributed by atoms with Crippen LogP contribution in [0.4, 0.5) is 4.39 Å². The van der Waals surface area contributed by atoms with E-state index >= 15 is 0 Å². The van der Waals surface area contributed by atoms with Crippen molar-refractivity contribution in [3.8, 4) is 5.75 Å². The third-order valence-electron chi connectivity index (χ3n) is 4.26. The van der Waals surface area contributed by atoms with Crippen LogP contribution in [0.2, 0.25) is 5.02 Å². The van der Waals surface area contributed by atoms with Crippen molar-refractivity contribution in [3.63, 3.8) is 0 Å². The molecular formula is C23H21ClFNO2. The maximum absolute atomic E-state index is 12.9. The Morgan fingerprint density at radius 3 is 2.46 bits per heavy atom. The van der Waals surface area contributed by atoms with Gasteiger partial charge in [-0.3, -0.25) is 4.79 Å². The van der Waals surface area contributed by atoms with Crippen molar-refractivity contribution in [2.24, 2.45) is 0 Å².